The fourth-order valence-corrected chi connectivity index (χ4v) is 1.26. The number of carboxylic acid groups (broad SMARTS) is 1. The Hall–Kier alpha value is -1.49. The first-order valence-electron chi connectivity index (χ1n) is 4.77. The van der Waals surface area contributed by atoms with Crippen LogP contribution in [0.25, 0.3) is 0 Å². The number of hydrogen-bond donors (Lipinski definition) is 1. The highest BCUT2D eigenvalue weighted by Crippen LogP contribution is 2.01. The standard InChI is InChI=1S/C10H15N3O2/c1-8(10(14)15)6-13(2)7-9-11-4-3-5-12-9/h3-5,8H,6-7H2,1-2H3,(H,14,15). The summed E-state index contributed by atoms with van der Waals surface area (Å²) in [6, 6.07) is 1.75. The van der Waals surface area contributed by atoms with E-state index in [1.807, 2.05) is 11.9 Å². The summed E-state index contributed by atoms with van der Waals surface area (Å²) in [5.74, 6) is -0.452. The first kappa shape index (κ1) is 11.6. The lowest BCUT2D eigenvalue weighted by atomic mass is 10.2. The van der Waals surface area contributed by atoms with Crippen molar-refractivity contribution in [3.63, 3.8) is 0 Å². The van der Waals surface area contributed by atoms with Crippen LogP contribution in [-0.2, 0) is 11.3 Å². The van der Waals surface area contributed by atoms with Gasteiger partial charge in [-0.2, -0.15) is 0 Å². The summed E-state index contributed by atoms with van der Waals surface area (Å²) < 4.78 is 0. The molecular formula is C10H15N3O2. The molecule has 1 rings (SSSR count). The Balaban J connectivity index is 2.43. The van der Waals surface area contributed by atoms with Crippen LogP contribution in [0.5, 0.6) is 0 Å². The Morgan fingerprint density at radius 1 is 1.53 bits per heavy atom. The van der Waals surface area contributed by atoms with E-state index in [9.17, 15) is 4.79 Å². The SMILES string of the molecule is CC(CN(C)Cc1ncccn1)C(=O)O. The molecule has 1 heterocycles. The van der Waals surface area contributed by atoms with Crippen LogP contribution in [0.15, 0.2) is 18.5 Å². The molecule has 1 N–H and O–H groups in total. The highest BCUT2D eigenvalue weighted by molar-refractivity contribution is 5.69. The summed E-state index contributed by atoms with van der Waals surface area (Å²) >= 11 is 0. The number of rotatable bonds is 5. The molecule has 5 nitrogen and oxygen atoms in total. The van der Waals surface area contributed by atoms with E-state index in [0.29, 0.717) is 18.9 Å². The number of nitrogens with zero attached hydrogens (tertiary/aromatic N) is 3. The van der Waals surface area contributed by atoms with Gasteiger partial charge in [0.1, 0.15) is 5.82 Å². The van der Waals surface area contributed by atoms with E-state index in [0.717, 1.165) is 0 Å². The summed E-state index contributed by atoms with van der Waals surface area (Å²) in [5.41, 5.74) is 0. The largest absolute Gasteiger partial charge is 0.481 e. The Morgan fingerprint density at radius 3 is 2.67 bits per heavy atom. The summed E-state index contributed by atoms with van der Waals surface area (Å²) in [7, 11) is 1.86. The van der Waals surface area contributed by atoms with Crippen molar-refractivity contribution in [3.05, 3.63) is 24.3 Å². The predicted molar refractivity (Wildman–Crippen MR) is 55.2 cm³/mol. The van der Waals surface area contributed by atoms with Crippen molar-refractivity contribution in [2.24, 2.45) is 5.92 Å². The Kier molecular flexibility index (Phi) is 4.17. The zero-order valence-corrected chi connectivity index (χ0v) is 8.92. The molecule has 1 aromatic heterocycles. The molecule has 0 aromatic carbocycles. The molecule has 0 aliphatic carbocycles. The molecule has 0 spiro atoms. The Labute approximate surface area is 88.8 Å². The van der Waals surface area contributed by atoms with E-state index >= 15 is 0 Å². The van der Waals surface area contributed by atoms with Gasteiger partial charge in [-0.05, 0) is 13.1 Å². The molecule has 0 saturated heterocycles. The molecule has 0 fully saturated rings. The van der Waals surface area contributed by atoms with Crippen molar-refractivity contribution in [3.8, 4) is 0 Å². The minimum atomic E-state index is -0.782. The van der Waals surface area contributed by atoms with Gasteiger partial charge in [0.05, 0.1) is 12.5 Å². The number of hydrogen-bond acceptors (Lipinski definition) is 4. The molecule has 0 radical (unpaired) electrons. The molecule has 1 aromatic rings. The maximum absolute atomic E-state index is 10.6. The second-order valence-electron chi connectivity index (χ2n) is 3.60. The van der Waals surface area contributed by atoms with Crippen LogP contribution < -0.4 is 0 Å². The van der Waals surface area contributed by atoms with Gasteiger partial charge in [0, 0.05) is 18.9 Å². The topological polar surface area (TPSA) is 66.3 Å². The number of aromatic nitrogens is 2. The molecule has 0 amide bonds. The van der Waals surface area contributed by atoms with E-state index in [1.165, 1.54) is 0 Å². The zero-order chi connectivity index (χ0) is 11.3. The van der Waals surface area contributed by atoms with Crippen LogP contribution in [0.4, 0.5) is 0 Å². The van der Waals surface area contributed by atoms with Crippen LogP contribution in [0.2, 0.25) is 0 Å². The van der Waals surface area contributed by atoms with Crippen molar-refractivity contribution >= 4 is 5.97 Å². The summed E-state index contributed by atoms with van der Waals surface area (Å²) in [6.45, 7) is 2.75. The van der Waals surface area contributed by atoms with Crippen molar-refractivity contribution in [2.75, 3.05) is 13.6 Å². The Bertz CT molecular complexity index is 316. The number of aliphatic carboxylic acids is 1. The van der Waals surface area contributed by atoms with E-state index < -0.39 is 5.97 Å². The lowest BCUT2D eigenvalue weighted by Crippen LogP contribution is -2.28. The molecule has 82 valence electrons. The molecular weight excluding hydrogens is 194 g/mol. The fraction of sp³-hybridized carbons (Fsp3) is 0.500. The van der Waals surface area contributed by atoms with Gasteiger partial charge in [-0.15, -0.1) is 0 Å². The van der Waals surface area contributed by atoms with E-state index in [2.05, 4.69) is 9.97 Å². The number of carbonyl (C=O) groups is 1. The third kappa shape index (κ3) is 4.03. The fourth-order valence-electron chi connectivity index (χ4n) is 1.26. The lowest BCUT2D eigenvalue weighted by molar-refractivity contribution is -0.141. The minimum absolute atomic E-state index is 0.376. The van der Waals surface area contributed by atoms with Gasteiger partial charge in [-0.1, -0.05) is 6.92 Å². The second kappa shape index (κ2) is 5.41. The van der Waals surface area contributed by atoms with Crippen molar-refractivity contribution in [2.45, 2.75) is 13.5 Å². The van der Waals surface area contributed by atoms with Crippen LogP contribution in [-0.4, -0.2) is 39.5 Å². The van der Waals surface area contributed by atoms with Crippen LogP contribution >= 0.6 is 0 Å². The summed E-state index contributed by atoms with van der Waals surface area (Å²) in [4.78, 5) is 20.7. The average Bonchev–Trinajstić information content (AvgIpc) is 2.18. The highest BCUT2D eigenvalue weighted by Gasteiger charge is 2.13. The third-order valence-corrected chi connectivity index (χ3v) is 2.04. The van der Waals surface area contributed by atoms with Crippen molar-refractivity contribution in [1.82, 2.24) is 14.9 Å². The molecule has 1 atom stereocenters. The normalized spacial score (nSPS) is 12.7. The van der Waals surface area contributed by atoms with Crippen LogP contribution in [0.3, 0.4) is 0 Å². The van der Waals surface area contributed by atoms with Gasteiger partial charge in [-0.3, -0.25) is 9.69 Å². The van der Waals surface area contributed by atoms with Crippen LogP contribution in [0.1, 0.15) is 12.7 Å². The highest BCUT2D eigenvalue weighted by atomic mass is 16.4. The zero-order valence-electron chi connectivity index (χ0n) is 8.92. The van der Waals surface area contributed by atoms with Gasteiger partial charge in [0.2, 0.25) is 0 Å². The Morgan fingerprint density at radius 2 is 2.13 bits per heavy atom. The predicted octanol–water partition coefficient (Wildman–Crippen LogP) is 0.629. The molecule has 0 saturated carbocycles. The first-order valence-corrected chi connectivity index (χ1v) is 4.77. The van der Waals surface area contributed by atoms with E-state index in [1.54, 1.807) is 25.4 Å². The number of carboxylic acids is 1. The van der Waals surface area contributed by atoms with E-state index in [4.69, 9.17) is 5.11 Å². The average molecular weight is 209 g/mol. The van der Waals surface area contributed by atoms with E-state index in [-0.39, 0.29) is 5.92 Å². The smallest absolute Gasteiger partial charge is 0.307 e. The van der Waals surface area contributed by atoms with Gasteiger partial charge >= 0.3 is 5.97 Å². The van der Waals surface area contributed by atoms with Crippen molar-refractivity contribution < 1.29 is 9.90 Å². The quantitative estimate of drug-likeness (QED) is 0.770. The van der Waals surface area contributed by atoms with Gasteiger partial charge in [0.15, 0.2) is 0 Å². The van der Waals surface area contributed by atoms with Gasteiger partial charge in [-0.25, -0.2) is 9.97 Å². The maximum Gasteiger partial charge on any atom is 0.307 e. The molecule has 5 heteroatoms. The van der Waals surface area contributed by atoms with Gasteiger partial charge < -0.3 is 5.11 Å². The molecule has 0 aliphatic heterocycles. The molecule has 0 aliphatic rings. The summed E-state index contributed by atoms with van der Waals surface area (Å²) in [6.07, 6.45) is 3.35. The maximum atomic E-state index is 10.6. The molecule has 0 bridgehead atoms. The first-order chi connectivity index (χ1) is 7.09. The molecule has 15 heavy (non-hydrogen) atoms. The summed E-state index contributed by atoms with van der Waals surface area (Å²) in [5, 5.41) is 8.74. The van der Waals surface area contributed by atoms with Crippen LogP contribution in [0, 0.1) is 5.92 Å². The van der Waals surface area contributed by atoms with Crippen molar-refractivity contribution in [1.29, 1.82) is 0 Å². The minimum Gasteiger partial charge on any atom is -0.481 e. The van der Waals surface area contributed by atoms with Gasteiger partial charge in [0.25, 0.3) is 0 Å². The molecule has 1 unspecified atom stereocenters. The lowest BCUT2D eigenvalue weighted by Gasteiger charge is -2.17. The second-order valence-corrected chi connectivity index (χ2v) is 3.60. The monoisotopic (exact) mass is 209 g/mol. The third-order valence-electron chi connectivity index (χ3n) is 2.04.